The predicted molar refractivity (Wildman–Crippen MR) is 79.5 cm³/mol. The molecule has 1 heterocycles. The molecule has 1 amide bonds. The molecule has 0 fully saturated rings. The number of thiophene rings is 1. The van der Waals surface area contributed by atoms with E-state index in [0.717, 1.165) is 15.8 Å². The molecule has 0 atom stereocenters. The van der Waals surface area contributed by atoms with E-state index >= 15 is 0 Å². The molecule has 2 N–H and O–H groups in total. The first-order valence-corrected chi connectivity index (χ1v) is 7.23. The van der Waals surface area contributed by atoms with Crippen LogP contribution in [0.3, 0.4) is 0 Å². The number of carbonyl (C=O) groups is 2. The molecule has 104 valence electrons. The van der Waals surface area contributed by atoms with Crippen molar-refractivity contribution in [3.05, 3.63) is 45.1 Å². The third kappa shape index (κ3) is 3.58. The van der Waals surface area contributed by atoms with Crippen LogP contribution in [0.15, 0.2) is 40.2 Å². The van der Waals surface area contributed by atoms with Gasteiger partial charge in [0.15, 0.2) is 11.5 Å². The lowest BCUT2D eigenvalue weighted by Gasteiger charge is -2.08. The van der Waals surface area contributed by atoms with E-state index in [-0.39, 0.29) is 23.1 Å². The average molecular weight is 356 g/mol. The highest BCUT2D eigenvalue weighted by atomic mass is 79.9. The van der Waals surface area contributed by atoms with E-state index in [1.807, 2.05) is 6.07 Å². The van der Waals surface area contributed by atoms with Crippen LogP contribution in [0.25, 0.3) is 0 Å². The molecule has 0 aliphatic rings. The molecule has 0 spiro atoms. The number of halogens is 1. The van der Waals surface area contributed by atoms with Crippen LogP contribution in [-0.2, 0) is 4.79 Å². The molecule has 0 aliphatic heterocycles. The topological polar surface area (TPSA) is 75.6 Å². The predicted octanol–water partition coefficient (Wildman–Crippen LogP) is 3.23. The van der Waals surface area contributed by atoms with E-state index in [9.17, 15) is 9.59 Å². The zero-order valence-electron chi connectivity index (χ0n) is 10.1. The Bertz CT molecular complexity index is 641. The van der Waals surface area contributed by atoms with Gasteiger partial charge in [0.1, 0.15) is 5.75 Å². The van der Waals surface area contributed by atoms with Crippen LogP contribution in [0.4, 0.5) is 5.69 Å². The maximum atomic E-state index is 11.7. The second kappa shape index (κ2) is 6.53. The molecular weight excluding hydrogens is 346 g/mol. The van der Waals surface area contributed by atoms with Crippen LogP contribution in [0.2, 0.25) is 0 Å². The van der Waals surface area contributed by atoms with E-state index in [1.54, 1.807) is 23.6 Å². The second-order valence-electron chi connectivity index (χ2n) is 3.74. The largest absolute Gasteiger partial charge is 0.482 e. The summed E-state index contributed by atoms with van der Waals surface area (Å²) in [5.41, 5.74) is 0.630. The van der Waals surface area contributed by atoms with Crippen LogP contribution in [0, 0.1) is 0 Å². The highest BCUT2D eigenvalue weighted by Gasteiger charge is 2.14. The van der Waals surface area contributed by atoms with Gasteiger partial charge in [0.25, 0.3) is 5.91 Å². The number of ether oxygens (including phenoxy) is 1. The molecule has 1 aromatic carbocycles. The zero-order valence-corrected chi connectivity index (χ0v) is 12.5. The number of hydrogen-bond donors (Lipinski definition) is 2. The normalized spacial score (nSPS) is 10.1. The van der Waals surface area contributed by atoms with Crippen molar-refractivity contribution in [3.8, 4) is 5.75 Å². The second-order valence-corrected chi connectivity index (χ2v) is 5.51. The first kappa shape index (κ1) is 14.5. The Hall–Kier alpha value is -1.86. The standard InChI is InChI=1S/C13H10BrNO4S/c14-8-3-1-2-4-9(8)15-11(16)7-19-10-5-6-20-12(10)13(17)18/h1-6H,7H2,(H,15,16)(H,17,18). The first-order valence-electron chi connectivity index (χ1n) is 5.56. The van der Waals surface area contributed by atoms with Gasteiger partial charge >= 0.3 is 5.97 Å². The monoisotopic (exact) mass is 355 g/mol. The number of anilines is 1. The van der Waals surface area contributed by atoms with Gasteiger partial charge in [0.2, 0.25) is 0 Å². The lowest BCUT2D eigenvalue weighted by atomic mass is 10.3. The summed E-state index contributed by atoms with van der Waals surface area (Å²) < 4.78 is 5.97. The van der Waals surface area contributed by atoms with Gasteiger partial charge in [-0.1, -0.05) is 12.1 Å². The van der Waals surface area contributed by atoms with Gasteiger partial charge < -0.3 is 15.2 Å². The van der Waals surface area contributed by atoms with Gasteiger partial charge in [-0.2, -0.15) is 0 Å². The summed E-state index contributed by atoms with van der Waals surface area (Å²) in [5.74, 6) is -1.23. The first-order chi connectivity index (χ1) is 9.58. The number of carboxylic acids is 1. The van der Waals surface area contributed by atoms with Gasteiger partial charge in [-0.05, 0) is 39.5 Å². The minimum absolute atomic E-state index is 0.0821. The third-order valence-corrected chi connectivity index (χ3v) is 3.91. The number of para-hydroxylation sites is 1. The molecule has 20 heavy (non-hydrogen) atoms. The summed E-state index contributed by atoms with van der Waals surface area (Å²) in [7, 11) is 0. The highest BCUT2D eigenvalue weighted by Crippen LogP contribution is 2.25. The Balaban J connectivity index is 1.94. The highest BCUT2D eigenvalue weighted by molar-refractivity contribution is 9.10. The SMILES string of the molecule is O=C(COc1ccsc1C(=O)O)Nc1ccccc1Br. The molecule has 0 aliphatic carbocycles. The third-order valence-electron chi connectivity index (χ3n) is 2.33. The molecule has 0 unspecified atom stereocenters. The van der Waals surface area contributed by atoms with Crippen molar-refractivity contribution in [2.45, 2.75) is 0 Å². The molecule has 2 rings (SSSR count). The van der Waals surface area contributed by atoms with Crippen molar-refractivity contribution in [1.82, 2.24) is 0 Å². The summed E-state index contributed by atoms with van der Waals surface area (Å²) in [6, 6.07) is 8.70. The quantitative estimate of drug-likeness (QED) is 0.863. The molecule has 1 aromatic heterocycles. The smallest absolute Gasteiger partial charge is 0.349 e. The molecule has 2 aromatic rings. The number of aromatic carboxylic acids is 1. The van der Waals surface area contributed by atoms with Crippen molar-refractivity contribution < 1.29 is 19.4 Å². The van der Waals surface area contributed by atoms with Gasteiger partial charge in [-0.3, -0.25) is 4.79 Å². The summed E-state index contributed by atoms with van der Waals surface area (Å²) in [4.78, 5) is 22.7. The number of nitrogens with one attached hydrogen (secondary N) is 1. The van der Waals surface area contributed by atoms with Crippen LogP contribution in [-0.4, -0.2) is 23.6 Å². The van der Waals surface area contributed by atoms with E-state index in [1.165, 1.54) is 6.07 Å². The Morgan fingerprint density at radius 2 is 2.05 bits per heavy atom. The molecular formula is C13H10BrNO4S. The van der Waals surface area contributed by atoms with E-state index in [4.69, 9.17) is 9.84 Å². The maximum Gasteiger partial charge on any atom is 0.349 e. The van der Waals surface area contributed by atoms with Crippen LogP contribution in [0.1, 0.15) is 9.67 Å². The van der Waals surface area contributed by atoms with E-state index in [0.29, 0.717) is 5.69 Å². The number of rotatable bonds is 5. The fourth-order valence-electron chi connectivity index (χ4n) is 1.46. The number of carboxylic acid groups (broad SMARTS) is 1. The lowest BCUT2D eigenvalue weighted by molar-refractivity contribution is -0.118. The Morgan fingerprint density at radius 3 is 2.75 bits per heavy atom. The molecule has 0 saturated carbocycles. The summed E-state index contributed by atoms with van der Waals surface area (Å²) in [5, 5.41) is 13.2. The number of benzene rings is 1. The van der Waals surface area contributed by atoms with E-state index < -0.39 is 5.97 Å². The average Bonchev–Trinajstić information content (AvgIpc) is 2.88. The van der Waals surface area contributed by atoms with Crippen molar-refractivity contribution in [2.24, 2.45) is 0 Å². The fourth-order valence-corrected chi connectivity index (χ4v) is 2.51. The van der Waals surface area contributed by atoms with Gasteiger partial charge in [0, 0.05) is 4.47 Å². The Labute approximate surface area is 127 Å². The van der Waals surface area contributed by atoms with Crippen molar-refractivity contribution >= 4 is 44.8 Å². The molecule has 0 radical (unpaired) electrons. The van der Waals surface area contributed by atoms with E-state index in [2.05, 4.69) is 21.2 Å². The summed E-state index contributed by atoms with van der Waals surface area (Å²) >= 11 is 4.37. The maximum absolute atomic E-state index is 11.7. The zero-order chi connectivity index (χ0) is 14.5. The van der Waals surface area contributed by atoms with Gasteiger partial charge in [0.05, 0.1) is 5.69 Å². The van der Waals surface area contributed by atoms with Gasteiger partial charge in [-0.15, -0.1) is 11.3 Å². The van der Waals surface area contributed by atoms with Crippen molar-refractivity contribution in [1.29, 1.82) is 0 Å². The summed E-state index contributed by atoms with van der Waals surface area (Å²) in [6.07, 6.45) is 0. The lowest BCUT2D eigenvalue weighted by Crippen LogP contribution is -2.20. The number of carbonyl (C=O) groups excluding carboxylic acids is 1. The Kier molecular flexibility index (Phi) is 4.75. The van der Waals surface area contributed by atoms with Crippen molar-refractivity contribution in [3.63, 3.8) is 0 Å². The van der Waals surface area contributed by atoms with Crippen LogP contribution < -0.4 is 10.1 Å². The Morgan fingerprint density at radius 1 is 1.30 bits per heavy atom. The molecule has 0 bridgehead atoms. The fraction of sp³-hybridized carbons (Fsp3) is 0.0769. The van der Waals surface area contributed by atoms with Crippen LogP contribution in [0.5, 0.6) is 5.75 Å². The number of amides is 1. The van der Waals surface area contributed by atoms with Crippen molar-refractivity contribution in [2.75, 3.05) is 11.9 Å². The number of hydrogen-bond acceptors (Lipinski definition) is 4. The van der Waals surface area contributed by atoms with Crippen LogP contribution >= 0.6 is 27.3 Å². The van der Waals surface area contributed by atoms with Gasteiger partial charge in [-0.25, -0.2) is 4.79 Å². The molecule has 5 nitrogen and oxygen atoms in total. The molecule has 0 saturated heterocycles. The summed E-state index contributed by atoms with van der Waals surface area (Å²) in [6.45, 7) is -0.252. The molecule has 7 heteroatoms. The minimum atomic E-state index is -1.07. The minimum Gasteiger partial charge on any atom is -0.482 e.